The van der Waals surface area contributed by atoms with Crippen molar-refractivity contribution in [2.75, 3.05) is 12.4 Å². The van der Waals surface area contributed by atoms with E-state index < -0.39 is 5.91 Å². The van der Waals surface area contributed by atoms with Crippen LogP contribution in [0.4, 0.5) is 5.69 Å². The molecule has 8 heteroatoms. The van der Waals surface area contributed by atoms with Crippen LogP contribution >= 0.6 is 0 Å². The number of para-hydroxylation sites is 1. The number of oxime groups is 1. The molecule has 21 heavy (non-hydrogen) atoms. The third-order valence-electron chi connectivity index (χ3n) is 2.72. The molecule has 0 atom stereocenters. The first kappa shape index (κ1) is 14.4. The number of hydrogen-bond donors (Lipinski definition) is 3. The highest BCUT2D eigenvalue weighted by Crippen LogP contribution is 2.28. The molecule has 1 aromatic heterocycles. The Morgan fingerprint density at radius 3 is 2.86 bits per heavy atom. The summed E-state index contributed by atoms with van der Waals surface area (Å²) < 4.78 is 10.1. The van der Waals surface area contributed by atoms with E-state index in [1.165, 1.54) is 13.2 Å². The molecule has 1 aromatic carbocycles. The van der Waals surface area contributed by atoms with Crippen molar-refractivity contribution >= 4 is 17.4 Å². The molecular weight excluding hydrogens is 276 g/mol. The highest BCUT2D eigenvalue weighted by Gasteiger charge is 2.18. The monoisotopic (exact) mass is 290 g/mol. The molecule has 0 fully saturated rings. The molecule has 0 saturated heterocycles. The van der Waals surface area contributed by atoms with Crippen molar-refractivity contribution < 1.29 is 19.3 Å². The molecule has 1 heterocycles. The van der Waals surface area contributed by atoms with Gasteiger partial charge in [0.15, 0.2) is 5.84 Å². The van der Waals surface area contributed by atoms with Crippen LogP contribution in [0.1, 0.15) is 21.8 Å². The van der Waals surface area contributed by atoms with Crippen LogP contribution in [0.2, 0.25) is 0 Å². The van der Waals surface area contributed by atoms with E-state index in [1.54, 1.807) is 25.1 Å². The first-order valence-corrected chi connectivity index (χ1v) is 5.96. The van der Waals surface area contributed by atoms with Gasteiger partial charge in [0.1, 0.15) is 5.75 Å². The van der Waals surface area contributed by atoms with Gasteiger partial charge in [-0.15, -0.1) is 0 Å². The van der Waals surface area contributed by atoms with Crippen LogP contribution in [-0.2, 0) is 0 Å². The normalized spacial score (nSPS) is 11.2. The number of carbonyl (C=O) groups excluding carboxylic acids is 1. The van der Waals surface area contributed by atoms with E-state index in [9.17, 15) is 4.79 Å². The van der Waals surface area contributed by atoms with E-state index in [0.717, 1.165) is 0 Å². The highest BCUT2D eigenvalue weighted by molar-refractivity contribution is 6.10. The SMILES string of the molecule is COc1cccc(/C(N)=N/O)c1NC(=O)c1cc(C)no1. The molecule has 0 spiro atoms. The number of ether oxygens (including phenoxy) is 1. The summed E-state index contributed by atoms with van der Waals surface area (Å²) in [7, 11) is 1.44. The number of methoxy groups -OCH3 is 1. The standard InChI is InChI=1S/C13H14N4O4/c1-7-6-10(21-17-7)13(18)15-11-8(12(14)16-19)4-3-5-9(11)20-2/h3-6,19H,1-2H3,(H2,14,16)(H,15,18). The van der Waals surface area contributed by atoms with E-state index in [1.807, 2.05) is 0 Å². The lowest BCUT2D eigenvalue weighted by molar-refractivity contribution is 0.0987. The topological polar surface area (TPSA) is 123 Å². The molecule has 0 aliphatic heterocycles. The van der Waals surface area contributed by atoms with Gasteiger partial charge in [-0.25, -0.2) is 0 Å². The Morgan fingerprint density at radius 2 is 2.29 bits per heavy atom. The zero-order valence-electron chi connectivity index (χ0n) is 11.5. The summed E-state index contributed by atoms with van der Waals surface area (Å²) in [5, 5.41) is 18.0. The second kappa shape index (κ2) is 5.95. The molecule has 1 amide bonds. The van der Waals surface area contributed by atoms with Gasteiger partial charge in [-0.05, 0) is 19.1 Å². The van der Waals surface area contributed by atoms with E-state index >= 15 is 0 Å². The molecule has 2 rings (SSSR count). The number of amidine groups is 1. The Hall–Kier alpha value is -3.03. The summed E-state index contributed by atoms with van der Waals surface area (Å²) in [5.74, 6) is -0.266. The first-order valence-electron chi connectivity index (χ1n) is 5.96. The number of nitrogens with zero attached hydrogens (tertiary/aromatic N) is 2. The lowest BCUT2D eigenvalue weighted by Gasteiger charge is -2.13. The first-order chi connectivity index (χ1) is 10.1. The van der Waals surface area contributed by atoms with Crippen LogP contribution in [0.3, 0.4) is 0 Å². The second-order valence-electron chi connectivity index (χ2n) is 4.15. The Bertz CT molecular complexity index is 693. The van der Waals surface area contributed by atoms with Crippen LogP contribution in [0.25, 0.3) is 0 Å². The highest BCUT2D eigenvalue weighted by atomic mass is 16.5. The average molecular weight is 290 g/mol. The Kier molecular flexibility index (Phi) is 4.07. The maximum Gasteiger partial charge on any atom is 0.294 e. The van der Waals surface area contributed by atoms with E-state index in [0.29, 0.717) is 17.0 Å². The molecule has 2 aromatic rings. The summed E-state index contributed by atoms with van der Waals surface area (Å²) in [4.78, 5) is 12.1. The van der Waals surface area contributed by atoms with Crippen molar-refractivity contribution in [2.24, 2.45) is 10.9 Å². The maximum atomic E-state index is 12.1. The quantitative estimate of drug-likeness (QED) is 0.338. The molecule has 0 radical (unpaired) electrons. The number of nitrogens with one attached hydrogen (secondary N) is 1. The number of carbonyl (C=O) groups is 1. The van der Waals surface area contributed by atoms with Gasteiger partial charge in [0.25, 0.3) is 5.91 Å². The minimum atomic E-state index is -0.521. The number of amides is 1. The van der Waals surface area contributed by atoms with Crippen molar-refractivity contribution in [1.82, 2.24) is 5.16 Å². The summed E-state index contributed by atoms with van der Waals surface area (Å²) in [6, 6.07) is 6.36. The van der Waals surface area contributed by atoms with Gasteiger partial charge in [-0.2, -0.15) is 0 Å². The smallest absolute Gasteiger partial charge is 0.294 e. The molecule has 0 saturated carbocycles. The fourth-order valence-electron chi connectivity index (χ4n) is 1.74. The molecule has 0 aliphatic carbocycles. The number of benzene rings is 1. The minimum Gasteiger partial charge on any atom is -0.495 e. The third-order valence-corrected chi connectivity index (χ3v) is 2.72. The van der Waals surface area contributed by atoms with E-state index in [-0.39, 0.29) is 17.3 Å². The van der Waals surface area contributed by atoms with Crippen molar-refractivity contribution in [3.63, 3.8) is 0 Å². The van der Waals surface area contributed by atoms with Crippen LogP contribution in [0.5, 0.6) is 5.75 Å². The fraction of sp³-hybridized carbons (Fsp3) is 0.154. The van der Waals surface area contributed by atoms with Gasteiger partial charge in [0.05, 0.1) is 18.5 Å². The van der Waals surface area contributed by atoms with Crippen molar-refractivity contribution in [3.05, 3.63) is 41.3 Å². The van der Waals surface area contributed by atoms with Crippen molar-refractivity contribution in [2.45, 2.75) is 6.92 Å². The number of aromatic nitrogens is 1. The van der Waals surface area contributed by atoms with Crippen LogP contribution < -0.4 is 15.8 Å². The number of rotatable bonds is 4. The largest absolute Gasteiger partial charge is 0.495 e. The lowest BCUT2D eigenvalue weighted by Crippen LogP contribution is -2.19. The predicted molar refractivity (Wildman–Crippen MR) is 74.7 cm³/mol. The predicted octanol–water partition coefficient (Wildman–Crippen LogP) is 1.34. The van der Waals surface area contributed by atoms with Crippen LogP contribution in [-0.4, -0.2) is 29.2 Å². The molecular formula is C13H14N4O4. The number of anilines is 1. The van der Waals surface area contributed by atoms with Gasteiger partial charge >= 0.3 is 0 Å². The third kappa shape index (κ3) is 2.94. The van der Waals surface area contributed by atoms with E-state index in [2.05, 4.69) is 15.6 Å². The molecule has 0 aliphatic rings. The summed E-state index contributed by atoms with van der Waals surface area (Å²) in [6.07, 6.45) is 0. The summed E-state index contributed by atoms with van der Waals surface area (Å²) in [5.41, 5.74) is 6.77. The number of aryl methyl sites for hydroxylation is 1. The zero-order valence-corrected chi connectivity index (χ0v) is 11.5. The fourth-order valence-corrected chi connectivity index (χ4v) is 1.74. The molecule has 0 bridgehead atoms. The number of hydrogen-bond acceptors (Lipinski definition) is 6. The molecule has 0 unspecified atom stereocenters. The Balaban J connectivity index is 2.40. The van der Waals surface area contributed by atoms with Crippen LogP contribution in [0.15, 0.2) is 33.9 Å². The lowest BCUT2D eigenvalue weighted by atomic mass is 10.1. The Labute approximate surface area is 120 Å². The molecule has 110 valence electrons. The minimum absolute atomic E-state index is 0.0452. The summed E-state index contributed by atoms with van der Waals surface area (Å²) in [6.45, 7) is 1.70. The van der Waals surface area contributed by atoms with Gasteiger partial charge in [-0.1, -0.05) is 16.4 Å². The van der Waals surface area contributed by atoms with Gasteiger partial charge in [0.2, 0.25) is 5.76 Å². The van der Waals surface area contributed by atoms with E-state index in [4.69, 9.17) is 20.2 Å². The number of nitrogens with two attached hydrogens (primary N) is 1. The van der Waals surface area contributed by atoms with Crippen molar-refractivity contribution in [3.8, 4) is 5.75 Å². The second-order valence-corrected chi connectivity index (χ2v) is 4.15. The zero-order chi connectivity index (χ0) is 15.4. The summed E-state index contributed by atoms with van der Waals surface area (Å²) >= 11 is 0. The molecule has 4 N–H and O–H groups in total. The molecule has 8 nitrogen and oxygen atoms in total. The Morgan fingerprint density at radius 1 is 1.52 bits per heavy atom. The van der Waals surface area contributed by atoms with Crippen molar-refractivity contribution in [1.29, 1.82) is 0 Å². The maximum absolute atomic E-state index is 12.1. The van der Waals surface area contributed by atoms with Gasteiger partial charge in [-0.3, -0.25) is 4.79 Å². The van der Waals surface area contributed by atoms with Gasteiger partial charge < -0.3 is 25.5 Å². The average Bonchev–Trinajstić information content (AvgIpc) is 2.93. The van der Waals surface area contributed by atoms with Crippen LogP contribution in [0, 0.1) is 6.92 Å². The van der Waals surface area contributed by atoms with Gasteiger partial charge in [0, 0.05) is 11.6 Å².